The molecule has 3 heteroatoms. The van der Waals surface area contributed by atoms with Gasteiger partial charge < -0.3 is 9.47 Å². The van der Waals surface area contributed by atoms with Gasteiger partial charge in [-0.05, 0) is 52.3 Å². The molecule has 0 N–H and O–H groups in total. The molecule has 0 aromatic heterocycles. The van der Waals surface area contributed by atoms with Gasteiger partial charge in [0.25, 0.3) is 0 Å². The first-order valence-corrected chi connectivity index (χ1v) is 12.2. The summed E-state index contributed by atoms with van der Waals surface area (Å²) in [4.78, 5) is 11.9. The van der Waals surface area contributed by atoms with Crippen molar-refractivity contribution in [3.63, 3.8) is 0 Å². The maximum atomic E-state index is 11.9. The minimum Gasteiger partial charge on any atom is -0.493 e. The zero-order valence-electron chi connectivity index (χ0n) is 20.8. The van der Waals surface area contributed by atoms with Crippen LogP contribution in [0.25, 0.3) is 5.57 Å². The summed E-state index contributed by atoms with van der Waals surface area (Å²) in [7, 11) is 1.73. The predicted octanol–water partition coefficient (Wildman–Crippen LogP) is 7.72. The average Bonchev–Trinajstić information content (AvgIpc) is 3.72. The van der Waals surface area contributed by atoms with E-state index in [-0.39, 0.29) is 12.0 Å². The highest BCUT2D eigenvalue weighted by Gasteiger charge is 2.33. The standard InChI is InChI=1S/C27H32O3.C3H6/c1-6-21-15-25(24-13-12-22(18(2)3)14-23(24)16-28)27(29-5)19(4)26(21)30-17-20-10-8-7-9-11-20;1-2-3-1/h7-16,18-19,27H,6,17H2,1-5H3;1-3H2. The number of rotatable bonds is 8. The Morgan fingerprint density at radius 1 is 1.06 bits per heavy atom. The van der Waals surface area contributed by atoms with E-state index in [2.05, 4.69) is 58.0 Å². The second-order valence-electron chi connectivity index (χ2n) is 9.24. The van der Waals surface area contributed by atoms with Crippen molar-refractivity contribution in [2.45, 2.75) is 72.0 Å². The number of carbonyl (C=O) groups excluding carboxylic acids is 1. The largest absolute Gasteiger partial charge is 0.493 e. The number of aldehydes is 1. The number of carbonyl (C=O) groups is 1. The quantitative estimate of drug-likeness (QED) is 0.389. The van der Waals surface area contributed by atoms with Crippen LogP contribution in [-0.4, -0.2) is 19.5 Å². The summed E-state index contributed by atoms with van der Waals surface area (Å²) in [5.41, 5.74) is 6.17. The monoisotopic (exact) mass is 446 g/mol. The molecule has 3 nitrogen and oxygen atoms in total. The van der Waals surface area contributed by atoms with Crippen LogP contribution in [0.5, 0.6) is 0 Å². The second-order valence-corrected chi connectivity index (χ2v) is 9.24. The molecule has 2 aromatic carbocycles. The van der Waals surface area contributed by atoms with Gasteiger partial charge in [-0.3, -0.25) is 4.79 Å². The SMILES string of the molecule is C1CC1.CCC1=C(OCc2ccccc2)C(C)C(OC)C(c2ccc(C(C)C)cc2C=O)=C1. The van der Waals surface area contributed by atoms with Gasteiger partial charge in [0.1, 0.15) is 12.4 Å². The molecule has 0 amide bonds. The van der Waals surface area contributed by atoms with Crippen molar-refractivity contribution >= 4 is 11.9 Å². The van der Waals surface area contributed by atoms with Gasteiger partial charge in [0.05, 0.1) is 6.10 Å². The van der Waals surface area contributed by atoms with Crippen molar-refractivity contribution in [1.82, 2.24) is 0 Å². The molecule has 2 aromatic rings. The Bertz CT molecular complexity index is 980. The van der Waals surface area contributed by atoms with Crippen LogP contribution in [0.4, 0.5) is 0 Å². The van der Waals surface area contributed by atoms with E-state index in [1.165, 1.54) is 19.3 Å². The van der Waals surface area contributed by atoms with Gasteiger partial charge in [0.15, 0.2) is 6.29 Å². The molecule has 1 saturated carbocycles. The topological polar surface area (TPSA) is 35.5 Å². The summed E-state index contributed by atoms with van der Waals surface area (Å²) in [6.07, 6.45) is 8.30. The summed E-state index contributed by atoms with van der Waals surface area (Å²) < 4.78 is 12.2. The summed E-state index contributed by atoms with van der Waals surface area (Å²) >= 11 is 0. The Kier molecular flexibility index (Phi) is 9.08. The van der Waals surface area contributed by atoms with Gasteiger partial charge in [0.2, 0.25) is 0 Å². The van der Waals surface area contributed by atoms with E-state index in [9.17, 15) is 4.79 Å². The Hall–Kier alpha value is -2.65. The lowest BCUT2D eigenvalue weighted by atomic mass is 9.81. The normalized spacial score (nSPS) is 19.5. The fraction of sp³-hybridized carbons (Fsp3) is 0.433. The lowest BCUT2D eigenvalue weighted by Gasteiger charge is -2.33. The molecule has 0 heterocycles. The lowest BCUT2D eigenvalue weighted by Crippen LogP contribution is -2.29. The third-order valence-corrected chi connectivity index (χ3v) is 6.23. The lowest BCUT2D eigenvalue weighted by molar-refractivity contribution is 0.0718. The van der Waals surface area contributed by atoms with E-state index in [1.807, 2.05) is 24.3 Å². The highest BCUT2D eigenvalue weighted by molar-refractivity contribution is 5.88. The number of benzene rings is 2. The van der Waals surface area contributed by atoms with Crippen LogP contribution < -0.4 is 0 Å². The Balaban J connectivity index is 0.000000942. The first-order chi connectivity index (χ1) is 16.0. The van der Waals surface area contributed by atoms with Gasteiger partial charge in [-0.15, -0.1) is 0 Å². The van der Waals surface area contributed by atoms with Crippen molar-refractivity contribution in [3.05, 3.63) is 88.2 Å². The number of hydrogen-bond donors (Lipinski definition) is 0. The number of allylic oxidation sites excluding steroid dienone is 2. The van der Waals surface area contributed by atoms with Gasteiger partial charge in [0, 0.05) is 18.6 Å². The Morgan fingerprint density at radius 2 is 1.76 bits per heavy atom. The molecule has 2 aliphatic rings. The summed E-state index contributed by atoms with van der Waals surface area (Å²) in [6, 6.07) is 16.4. The van der Waals surface area contributed by atoms with E-state index in [0.717, 1.165) is 46.3 Å². The van der Waals surface area contributed by atoms with Crippen LogP contribution in [0.1, 0.15) is 86.3 Å². The summed E-state index contributed by atoms with van der Waals surface area (Å²) in [5, 5.41) is 0. The van der Waals surface area contributed by atoms with Crippen LogP contribution in [0, 0.1) is 5.92 Å². The molecule has 0 aliphatic heterocycles. The summed E-state index contributed by atoms with van der Waals surface area (Å²) in [6.45, 7) is 9.08. The van der Waals surface area contributed by atoms with Crippen molar-refractivity contribution in [2.75, 3.05) is 7.11 Å². The van der Waals surface area contributed by atoms with Gasteiger partial charge in [-0.1, -0.05) is 89.4 Å². The van der Waals surface area contributed by atoms with Crippen LogP contribution in [-0.2, 0) is 16.1 Å². The average molecular weight is 447 g/mol. The van der Waals surface area contributed by atoms with Crippen LogP contribution in [0.3, 0.4) is 0 Å². The summed E-state index contributed by atoms with van der Waals surface area (Å²) in [5.74, 6) is 1.40. The van der Waals surface area contributed by atoms with Gasteiger partial charge in [-0.2, -0.15) is 0 Å². The van der Waals surface area contributed by atoms with E-state index in [4.69, 9.17) is 9.47 Å². The molecule has 4 rings (SSSR count). The minimum atomic E-state index is -0.172. The molecule has 33 heavy (non-hydrogen) atoms. The van der Waals surface area contributed by atoms with Crippen molar-refractivity contribution < 1.29 is 14.3 Å². The highest BCUT2D eigenvalue weighted by atomic mass is 16.5. The second kappa shape index (κ2) is 12.0. The Morgan fingerprint density at radius 3 is 2.30 bits per heavy atom. The molecule has 0 bridgehead atoms. The number of methoxy groups -OCH3 is 1. The zero-order valence-corrected chi connectivity index (χ0v) is 20.8. The van der Waals surface area contributed by atoms with E-state index in [1.54, 1.807) is 7.11 Å². The third-order valence-electron chi connectivity index (χ3n) is 6.23. The molecule has 0 radical (unpaired) electrons. The van der Waals surface area contributed by atoms with E-state index < -0.39 is 0 Å². The molecule has 0 saturated heterocycles. The highest BCUT2D eigenvalue weighted by Crippen LogP contribution is 2.39. The molecule has 2 unspecified atom stereocenters. The van der Waals surface area contributed by atoms with Crippen LogP contribution in [0.2, 0.25) is 0 Å². The van der Waals surface area contributed by atoms with E-state index >= 15 is 0 Å². The predicted molar refractivity (Wildman–Crippen MR) is 136 cm³/mol. The van der Waals surface area contributed by atoms with Crippen molar-refractivity contribution in [3.8, 4) is 0 Å². The first-order valence-electron chi connectivity index (χ1n) is 12.2. The molecule has 1 fully saturated rings. The maximum absolute atomic E-state index is 11.9. The van der Waals surface area contributed by atoms with Gasteiger partial charge >= 0.3 is 0 Å². The smallest absolute Gasteiger partial charge is 0.150 e. The molecular formula is C30H38O3. The first kappa shape index (κ1) is 25.0. The zero-order chi connectivity index (χ0) is 23.8. The van der Waals surface area contributed by atoms with Crippen molar-refractivity contribution in [2.24, 2.45) is 5.92 Å². The van der Waals surface area contributed by atoms with E-state index in [0.29, 0.717) is 18.1 Å². The molecule has 2 aliphatic carbocycles. The Labute approximate surface area is 199 Å². The third kappa shape index (κ3) is 6.45. The molecule has 0 spiro atoms. The molecule has 2 atom stereocenters. The molecule has 176 valence electrons. The van der Waals surface area contributed by atoms with Crippen molar-refractivity contribution in [1.29, 1.82) is 0 Å². The van der Waals surface area contributed by atoms with Crippen LogP contribution >= 0.6 is 0 Å². The fourth-order valence-corrected chi connectivity index (χ4v) is 4.14. The fourth-order valence-electron chi connectivity index (χ4n) is 4.14. The number of hydrogen-bond acceptors (Lipinski definition) is 3. The van der Waals surface area contributed by atoms with Gasteiger partial charge in [-0.25, -0.2) is 0 Å². The van der Waals surface area contributed by atoms with Crippen LogP contribution in [0.15, 0.2) is 65.9 Å². The minimum absolute atomic E-state index is 0.0536. The number of ether oxygens (including phenoxy) is 2. The molecular weight excluding hydrogens is 408 g/mol. The maximum Gasteiger partial charge on any atom is 0.150 e.